The average molecular weight is 351 g/mol. The molecule has 2 heterocycles. The lowest BCUT2D eigenvalue weighted by atomic mass is 10.2. The van der Waals surface area contributed by atoms with Crippen LogP contribution in [-0.4, -0.2) is 19.7 Å². The predicted octanol–water partition coefficient (Wildman–Crippen LogP) is 4.48. The molecule has 2 aromatic heterocycles. The molecule has 0 saturated heterocycles. The Balaban J connectivity index is 1.78. The molecule has 3 aromatic rings. The van der Waals surface area contributed by atoms with Gasteiger partial charge in [0.25, 0.3) is 0 Å². The second-order valence-electron chi connectivity index (χ2n) is 4.63. The second kappa shape index (κ2) is 6.69. The lowest BCUT2D eigenvalue weighted by Crippen LogP contribution is -1.95. The van der Waals surface area contributed by atoms with Gasteiger partial charge in [-0.2, -0.15) is 0 Å². The fraction of sp³-hybridized carbons (Fsp3) is 0.133. The third kappa shape index (κ3) is 3.27. The third-order valence-electron chi connectivity index (χ3n) is 3.13. The van der Waals surface area contributed by atoms with Gasteiger partial charge in [0.15, 0.2) is 11.0 Å². The zero-order chi connectivity index (χ0) is 15.5. The van der Waals surface area contributed by atoms with Crippen LogP contribution in [0.1, 0.15) is 5.56 Å². The van der Waals surface area contributed by atoms with E-state index >= 15 is 0 Å². The van der Waals surface area contributed by atoms with E-state index in [1.807, 2.05) is 35.9 Å². The van der Waals surface area contributed by atoms with Crippen molar-refractivity contribution in [3.63, 3.8) is 0 Å². The first-order valence-corrected chi connectivity index (χ1v) is 8.26. The van der Waals surface area contributed by atoms with E-state index in [1.54, 1.807) is 30.2 Å². The van der Waals surface area contributed by atoms with Gasteiger partial charge in [-0.1, -0.05) is 41.0 Å². The number of aromatic nitrogens is 4. The van der Waals surface area contributed by atoms with Crippen molar-refractivity contribution in [1.82, 2.24) is 19.7 Å². The van der Waals surface area contributed by atoms with Crippen LogP contribution in [-0.2, 0) is 12.8 Å². The number of hydrogen-bond acceptors (Lipinski definition) is 4. The lowest BCUT2D eigenvalue weighted by molar-refractivity contribution is 0.793. The highest BCUT2D eigenvalue weighted by Crippen LogP contribution is 2.29. The molecular formula is C15H12Cl2N4S. The van der Waals surface area contributed by atoms with Crippen molar-refractivity contribution in [2.24, 2.45) is 7.05 Å². The van der Waals surface area contributed by atoms with Gasteiger partial charge < -0.3 is 4.57 Å². The van der Waals surface area contributed by atoms with E-state index in [0.717, 1.165) is 22.1 Å². The van der Waals surface area contributed by atoms with Crippen LogP contribution in [0.2, 0.25) is 10.0 Å². The van der Waals surface area contributed by atoms with E-state index in [4.69, 9.17) is 23.2 Å². The Bertz CT molecular complexity index is 789. The minimum absolute atomic E-state index is 0.635. The number of benzene rings is 1. The number of pyridine rings is 1. The molecule has 112 valence electrons. The van der Waals surface area contributed by atoms with Gasteiger partial charge in [-0.25, -0.2) is 0 Å². The Hall–Kier alpha value is -1.56. The standard InChI is InChI=1S/C15H12Cl2N4S/c1-21-14(10-3-2-6-18-8-10)19-20-15(21)22-9-11-4-5-12(16)7-13(11)17/h2-8H,9H2,1H3. The molecular weight excluding hydrogens is 339 g/mol. The van der Waals surface area contributed by atoms with Crippen LogP contribution in [0.3, 0.4) is 0 Å². The molecule has 7 heteroatoms. The van der Waals surface area contributed by atoms with E-state index in [2.05, 4.69) is 15.2 Å². The Morgan fingerprint density at radius 2 is 2.05 bits per heavy atom. The summed E-state index contributed by atoms with van der Waals surface area (Å²) in [5, 5.41) is 10.6. The van der Waals surface area contributed by atoms with Gasteiger partial charge in [0, 0.05) is 40.8 Å². The molecule has 0 amide bonds. The van der Waals surface area contributed by atoms with Gasteiger partial charge >= 0.3 is 0 Å². The number of hydrogen-bond donors (Lipinski definition) is 0. The first kappa shape index (κ1) is 15.3. The van der Waals surface area contributed by atoms with Crippen molar-refractivity contribution in [3.8, 4) is 11.4 Å². The summed E-state index contributed by atoms with van der Waals surface area (Å²) < 4.78 is 1.95. The zero-order valence-electron chi connectivity index (χ0n) is 11.7. The molecule has 0 spiro atoms. The smallest absolute Gasteiger partial charge is 0.191 e. The van der Waals surface area contributed by atoms with Gasteiger partial charge in [-0.05, 0) is 29.8 Å². The van der Waals surface area contributed by atoms with Crippen LogP contribution in [0.25, 0.3) is 11.4 Å². The fourth-order valence-electron chi connectivity index (χ4n) is 1.97. The maximum atomic E-state index is 6.19. The Morgan fingerprint density at radius 1 is 1.18 bits per heavy atom. The molecule has 0 aliphatic carbocycles. The summed E-state index contributed by atoms with van der Waals surface area (Å²) in [4.78, 5) is 4.11. The van der Waals surface area contributed by atoms with E-state index < -0.39 is 0 Å². The second-order valence-corrected chi connectivity index (χ2v) is 6.42. The highest BCUT2D eigenvalue weighted by Gasteiger charge is 2.12. The molecule has 0 bridgehead atoms. The minimum Gasteiger partial charge on any atom is -0.305 e. The van der Waals surface area contributed by atoms with Crippen molar-refractivity contribution in [1.29, 1.82) is 0 Å². The van der Waals surface area contributed by atoms with Gasteiger partial charge in [-0.3, -0.25) is 4.98 Å². The predicted molar refractivity (Wildman–Crippen MR) is 90.3 cm³/mol. The van der Waals surface area contributed by atoms with Crippen LogP contribution in [0.15, 0.2) is 47.9 Å². The maximum Gasteiger partial charge on any atom is 0.191 e. The van der Waals surface area contributed by atoms with Crippen LogP contribution in [0.4, 0.5) is 0 Å². The Morgan fingerprint density at radius 3 is 2.77 bits per heavy atom. The average Bonchev–Trinajstić information content (AvgIpc) is 2.88. The molecule has 0 saturated carbocycles. The summed E-state index contributed by atoms with van der Waals surface area (Å²) in [5.41, 5.74) is 1.95. The quantitative estimate of drug-likeness (QED) is 0.650. The third-order valence-corrected chi connectivity index (χ3v) is 4.78. The van der Waals surface area contributed by atoms with Crippen molar-refractivity contribution < 1.29 is 0 Å². The van der Waals surface area contributed by atoms with Gasteiger partial charge in [0.1, 0.15) is 0 Å². The molecule has 4 nitrogen and oxygen atoms in total. The largest absolute Gasteiger partial charge is 0.305 e. The maximum absolute atomic E-state index is 6.19. The highest BCUT2D eigenvalue weighted by atomic mass is 35.5. The monoisotopic (exact) mass is 350 g/mol. The summed E-state index contributed by atoms with van der Waals surface area (Å²) in [6, 6.07) is 9.35. The molecule has 3 rings (SSSR count). The Labute approximate surface area is 142 Å². The van der Waals surface area contributed by atoms with Crippen LogP contribution >= 0.6 is 35.0 Å². The Kier molecular flexibility index (Phi) is 4.66. The first-order valence-electron chi connectivity index (χ1n) is 6.51. The zero-order valence-corrected chi connectivity index (χ0v) is 14.0. The molecule has 0 atom stereocenters. The van der Waals surface area contributed by atoms with Crippen LogP contribution in [0.5, 0.6) is 0 Å². The molecule has 22 heavy (non-hydrogen) atoms. The first-order chi connectivity index (χ1) is 10.6. The van der Waals surface area contributed by atoms with E-state index in [1.165, 1.54) is 0 Å². The summed E-state index contributed by atoms with van der Waals surface area (Å²) in [6.45, 7) is 0. The number of nitrogens with zero attached hydrogens (tertiary/aromatic N) is 4. The SMILES string of the molecule is Cn1c(SCc2ccc(Cl)cc2Cl)nnc1-c1cccnc1. The van der Waals surface area contributed by atoms with Crippen molar-refractivity contribution in [3.05, 3.63) is 58.3 Å². The normalized spacial score (nSPS) is 10.9. The molecule has 0 fully saturated rings. The minimum atomic E-state index is 0.635. The number of thioether (sulfide) groups is 1. The van der Waals surface area contributed by atoms with Crippen LogP contribution in [0, 0.1) is 0 Å². The topological polar surface area (TPSA) is 43.6 Å². The van der Waals surface area contributed by atoms with Crippen molar-refractivity contribution in [2.45, 2.75) is 10.9 Å². The highest BCUT2D eigenvalue weighted by molar-refractivity contribution is 7.98. The number of halogens is 2. The summed E-state index contributed by atoms with van der Waals surface area (Å²) in [6.07, 6.45) is 3.51. The molecule has 0 aliphatic rings. The van der Waals surface area contributed by atoms with Gasteiger partial charge in [0.2, 0.25) is 0 Å². The fourth-order valence-corrected chi connectivity index (χ4v) is 3.44. The van der Waals surface area contributed by atoms with Crippen molar-refractivity contribution in [2.75, 3.05) is 0 Å². The number of rotatable bonds is 4. The molecule has 0 N–H and O–H groups in total. The lowest BCUT2D eigenvalue weighted by Gasteiger charge is -2.05. The van der Waals surface area contributed by atoms with Crippen molar-refractivity contribution >= 4 is 35.0 Å². The summed E-state index contributed by atoms with van der Waals surface area (Å²) >= 11 is 13.7. The molecule has 1 aromatic carbocycles. The van der Waals surface area contributed by atoms with E-state index in [9.17, 15) is 0 Å². The van der Waals surface area contributed by atoms with E-state index in [0.29, 0.717) is 15.8 Å². The van der Waals surface area contributed by atoms with Crippen LogP contribution < -0.4 is 0 Å². The molecule has 0 aliphatic heterocycles. The molecule has 0 unspecified atom stereocenters. The van der Waals surface area contributed by atoms with Gasteiger partial charge in [-0.15, -0.1) is 10.2 Å². The summed E-state index contributed by atoms with van der Waals surface area (Å²) in [7, 11) is 1.94. The molecule has 0 radical (unpaired) electrons. The summed E-state index contributed by atoms with van der Waals surface area (Å²) in [5.74, 6) is 1.49. The van der Waals surface area contributed by atoms with E-state index in [-0.39, 0.29) is 0 Å². The van der Waals surface area contributed by atoms with Gasteiger partial charge in [0.05, 0.1) is 0 Å².